The molecule has 1 N–H and O–H groups in total. The van der Waals surface area contributed by atoms with E-state index in [-0.39, 0.29) is 23.2 Å². The fraction of sp³-hybridized carbons (Fsp3) is 0.292. The zero-order valence-corrected chi connectivity index (χ0v) is 18.2. The molecule has 2 heterocycles. The topological polar surface area (TPSA) is 99.8 Å². The number of ether oxygens (including phenoxy) is 2. The number of benzene rings is 2. The number of halogens is 3. The Labute approximate surface area is 196 Å². The molecule has 1 aliphatic rings. The van der Waals surface area contributed by atoms with Crippen molar-refractivity contribution in [2.45, 2.75) is 37.6 Å². The van der Waals surface area contributed by atoms with Crippen molar-refractivity contribution in [3.63, 3.8) is 0 Å². The number of aliphatic hydroxyl groups excluding tert-OH is 1. The van der Waals surface area contributed by atoms with Gasteiger partial charge in [0.05, 0.1) is 19.3 Å². The second-order valence-corrected chi connectivity index (χ2v) is 7.92. The lowest BCUT2D eigenvalue weighted by molar-refractivity contribution is -0.139. The number of aromatic nitrogens is 2. The molecule has 2 aromatic carbocycles. The Hall–Kier alpha value is -3.54. The molecule has 3 aromatic rings. The van der Waals surface area contributed by atoms with Crippen molar-refractivity contribution in [2.24, 2.45) is 0 Å². The normalized spacial score (nSPS) is 20.2. The van der Waals surface area contributed by atoms with Crippen LogP contribution >= 0.6 is 0 Å². The van der Waals surface area contributed by atoms with Crippen molar-refractivity contribution in [2.75, 3.05) is 6.61 Å². The molecule has 184 valence electrons. The molecule has 0 saturated carbocycles. The monoisotopic (exact) mass is 490 g/mol. The van der Waals surface area contributed by atoms with Crippen molar-refractivity contribution < 1.29 is 32.5 Å². The molecule has 0 unspecified atom stereocenters. The van der Waals surface area contributed by atoms with Gasteiger partial charge in [-0.15, -0.1) is 0 Å². The van der Waals surface area contributed by atoms with Gasteiger partial charge in [-0.25, -0.2) is 4.79 Å². The quantitative estimate of drug-likeness (QED) is 0.570. The first kappa shape index (κ1) is 24.6. The standard InChI is InChI=1S/C24H21F3N2O6/c25-24(26,27)17-12-28(23(33)29(22(17)32)21(31)16-9-5-2-6-10-16)20-11-18(19(13-30)35-20)34-14-15-7-3-1-4-8-15/h1-10,12,18-20,30H,11,13-14H2/t18-,19+,20+/m0/s1. The van der Waals surface area contributed by atoms with Gasteiger partial charge in [0, 0.05) is 18.2 Å². The van der Waals surface area contributed by atoms with E-state index < -0.39 is 53.9 Å². The first-order chi connectivity index (χ1) is 16.7. The van der Waals surface area contributed by atoms with Crippen LogP contribution in [0.1, 0.15) is 34.1 Å². The molecule has 35 heavy (non-hydrogen) atoms. The number of carbonyl (C=O) groups is 1. The number of nitrogens with zero attached hydrogens (tertiary/aromatic N) is 2. The molecule has 3 atom stereocenters. The zero-order valence-electron chi connectivity index (χ0n) is 18.2. The SMILES string of the molecule is O=C(c1ccccc1)n1c(=O)c(C(F)(F)F)cn([C@H]2C[C@H](OCc3ccccc3)[C@@H](CO)O2)c1=O. The molecular formula is C24H21F3N2O6. The fourth-order valence-electron chi connectivity index (χ4n) is 3.85. The van der Waals surface area contributed by atoms with Crippen LogP contribution in [0.4, 0.5) is 13.2 Å². The van der Waals surface area contributed by atoms with E-state index in [0.29, 0.717) is 10.8 Å². The van der Waals surface area contributed by atoms with Crippen LogP contribution in [-0.2, 0) is 22.3 Å². The van der Waals surface area contributed by atoms with Crippen molar-refractivity contribution in [3.8, 4) is 0 Å². The number of hydrogen-bond donors (Lipinski definition) is 1. The van der Waals surface area contributed by atoms with Crippen LogP contribution in [0.5, 0.6) is 0 Å². The summed E-state index contributed by atoms with van der Waals surface area (Å²) in [4.78, 5) is 38.5. The lowest BCUT2D eigenvalue weighted by Gasteiger charge is -2.18. The van der Waals surface area contributed by atoms with Gasteiger partial charge in [-0.3, -0.25) is 14.2 Å². The summed E-state index contributed by atoms with van der Waals surface area (Å²) < 4.78 is 52.9. The van der Waals surface area contributed by atoms with Gasteiger partial charge in [0.15, 0.2) is 0 Å². The van der Waals surface area contributed by atoms with E-state index >= 15 is 0 Å². The Morgan fingerprint density at radius 1 is 1.06 bits per heavy atom. The molecule has 4 rings (SSSR count). The molecule has 8 nitrogen and oxygen atoms in total. The smallest absolute Gasteiger partial charge is 0.394 e. The van der Waals surface area contributed by atoms with Crippen LogP contribution < -0.4 is 11.2 Å². The van der Waals surface area contributed by atoms with Crippen molar-refractivity contribution in [1.82, 2.24) is 9.13 Å². The highest BCUT2D eigenvalue weighted by Crippen LogP contribution is 2.32. The summed E-state index contributed by atoms with van der Waals surface area (Å²) >= 11 is 0. The second-order valence-electron chi connectivity index (χ2n) is 7.92. The molecule has 1 fully saturated rings. The third-order valence-corrected chi connectivity index (χ3v) is 5.62. The van der Waals surface area contributed by atoms with Crippen molar-refractivity contribution >= 4 is 5.91 Å². The van der Waals surface area contributed by atoms with Crippen LogP contribution in [0.2, 0.25) is 0 Å². The van der Waals surface area contributed by atoms with E-state index in [2.05, 4.69) is 0 Å². The van der Waals surface area contributed by atoms with Gasteiger partial charge in [0.2, 0.25) is 0 Å². The number of aliphatic hydroxyl groups is 1. The summed E-state index contributed by atoms with van der Waals surface area (Å²) in [6.45, 7) is -0.369. The zero-order chi connectivity index (χ0) is 25.2. The molecule has 1 aromatic heterocycles. The third-order valence-electron chi connectivity index (χ3n) is 5.62. The summed E-state index contributed by atoms with van der Waals surface area (Å²) in [5, 5.41) is 9.71. The third kappa shape index (κ3) is 5.11. The molecule has 1 aliphatic heterocycles. The molecule has 0 amide bonds. The largest absolute Gasteiger partial charge is 0.423 e. The van der Waals surface area contributed by atoms with Gasteiger partial charge in [-0.2, -0.15) is 17.7 Å². The van der Waals surface area contributed by atoms with Crippen LogP contribution in [0, 0.1) is 0 Å². The van der Waals surface area contributed by atoms with E-state index in [1.807, 2.05) is 18.2 Å². The molecular weight excluding hydrogens is 469 g/mol. The van der Waals surface area contributed by atoms with Crippen molar-refractivity contribution in [3.05, 3.63) is 104 Å². The maximum atomic E-state index is 13.7. The summed E-state index contributed by atoms with van der Waals surface area (Å²) in [7, 11) is 0. The minimum Gasteiger partial charge on any atom is -0.394 e. The minimum atomic E-state index is -5.14. The number of rotatable bonds is 6. The van der Waals surface area contributed by atoms with Gasteiger partial charge in [0.25, 0.3) is 11.5 Å². The molecule has 0 radical (unpaired) electrons. The van der Waals surface area contributed by atoms with Crippen LogP contribution in [0.25, 0.3) is 0 Å². The van der Waals surface area contributed by atoms with E-state index in [0.717, 1.165) is 5.56 Å². The number of alkyl halides is 3. The van der Waals surface area contributed by atoms with E-state index in [1.165, 1.54) is 24.3 Å². The predicted octanol–water partition coefficient (Wildman–Crippen LogP) is 2.58. The summed E-state index contributed by atoms with van der Waals surface area (Å²) in [5.74, 6) is -1.20. The van der Waals surface area contributed by atoms with E-state index in [9.17, 15) is 32.7 Å². The highest BCUT2D eigenvalue weighted by Gasteiger charge is 2.41. The second kappa shape index (κ2) is 9.98. The number of carbonyl (C=O) groups excluding carboxylic acids is 1. The summed E-state index contributed by atoms with van der Waals surface area (Å²) in [6.07, 6.45) is -7.88. The Bertz CT molecular complexity index is 1300. The van der Waals surface area contributed by atoms with E-state index in [4.69, 9.17) is 9.47 Å². The fourth-order valence-corrected chi connectivity index (χ4v) is 3.85. The van der Waals surface area contributed by atoms with Gasteiger partial charge in [-0.05, 0) is 17.7 Å². The van der Waals surface area contributed by atoms with Crippen LogP contribution in [0.15, 0.2) is 76.4 Å². The maximum Gasteiger partial charge on any atom is 0.423 e. The van der Waals surface area contributed by atoms with Crippen LogP contribution in [0.3, 0.4) is 0 Å². The average Bonchev–Trinajstić information content (AvgIpc) is 3.26. The van der Waals surface area contributed by atoms with Gasteiger partial charge >= 0.3 is 11.9 Å². The molecule has 1 saturated heterocycles. The Balaban J connectivity index is 1.71. The summed E-state index contributed by atoms with van der Waals surface area (Å²) in [5.41, 5.74) is -4.07. The molecule has 0 aliphatic carbocycles. The molecule has 0 spiro atoms. The maximum absolute atomic E-state index is 13.7. The summed E-state index contributed by atoms with van der Waals surface area (Å²) in [6, 6.07) is 16.1. The predicted molar refractivity (Wildman–Crippen MR) is 117 cm³/mol. The number of hydrogen-bond acceptors (Lipinski definition) is 6. The minimum absolute atomic E-state index is 0.0480. The highest BCUT2D eigenvalue weighted by molar-refractivity contribution is 5.95. The van der Waals surface area contributed by atoms with Gasteiger partial charge in [0.1, 0.15) is 17.9 Å². The Morgan fingerprint density at radius 2 is 1.69 bits per heavy atom. The lowest BCUT2D eigenvalue weighted by Crippen LogP contribution is -2.47. The van der Waals surface area contributed by atoms with Crippen LogP contribution in [-0.4, -0.2) is 39.0 Å². The molecule has 11 heteroatoms. The Kier molecular flexibility index (Phi) is 7.01. The highest BCUT2D eigenvalue weighted by atomic mass is 19.4. The average molecular weight is 490 g/mol. The first-order valence-corrected chi connectivity index (χ1v) is 10.7. The lowest BCUT2D eigenvalue weighted by atomic mass is 10.1. The Morgan fingerprint density at radius 3 is 2.29 bits per heavy atom. The van der Waals surface area contributed by atoms with Gasteiger partial charge in [-0.1, -0.05) is 48.5 Å². The van der Waals surface area contributed by atoms with Crippen molar-refractivity contribution in [1.29, 1.82) is 0 Å². The van der Waals surface area contributed by atoms with E-state index in [1.54, 1.807) is 18.2 Å². The molecule has 0 bridgehead atoms. The van der Waals surface area contributed by atoms with Gasteiger partial charge < -0.3 is 14.6 Å². The first-order valence-electron chi connectivity index (χ1n) is 10.7.